The molecule has 0 aliphatic carbocycles. The van der Waals surface area contributed by atoms with Crippen LogP contribution in [0.25, 0.3) is 0 Å². The maximum absolute atomic E-state index is 5.87. The summed E-state index contributed by atoms with van der Waals surface area (Å²) in [4.78, 5) is 4.10. The van der Waals surface area contributed by atoms with Crippen LogP contribution in [-0.4, -0.2) is 18.2 Å². The average molecular weight is 178 g/mol. The van der Waals surface area contributed by atoms with E-state index >= 15 is 0 Å². The second kappa shape index (κ2) is 3.75. The Balaban J connectivity index is 2.18. The molecular formula is C10H14N2O. The molecule has 0 bridgehead atoms. The van der Waals surface area contributed by atoms with Crippen molar-refractivity contribution in [2.45, 2.75) is 18.8 Å². The van der Waals surface area contributed by atoms with Crippen molar-refractivity contribution in [1.29, 1.82) is 0 Å². The van der Waals surface area contributed by atoms with Crippen molar-refractivity contribution < 1.29 is 4.74 Å². The standard InChI is InChI=1S/C10H14N2O/c11-10-1-4-12-7-9(10)8-2-5-13-6-3-8/h1,4,7-8H,2-3,5-6H2,(H2,11,12). The smallest absolute Gasteiger partial charge is 0.0471 e. The highest BCUT2D eigenvalue weighted by Gasteiger charge is 2.17. The van der Waals surface area contributed by atoms with Gasteiger partial charge in [0.15, 0.2) is 0 Å². The number of ether oxygens (including phenoxy) is 1. The second-order valence-corrected chi connectivity index (χ2v) is 3.39. The Bertz CT molecular complexity index is 282. The number of nitrogens with zero attached hydrogens (tertiary/aromatic N) is 1. The highest BCUT2D eigenvalue weighted by Crippen LogP contribution is 2.29. The Morgan fingerprint density at radius 3 is 2.85 bits per heavy atom. The number of hydrogen-bond donors (Lipinski definition) is 1. The minimum atomic E-state index is 0.544. The van der Waals surface area contributed by atoms with Crippen molar-refractivity contribution in [2.75, 3.05) is 18.9 Å². The van der Waals surface area contributed by atoms with Gasteiger partial charge >= 0.3 is 0 Å². The van der Waals surface area contributed by atoms with Gasteiger partial charge in [-0.05, 0) is 30.4 Å². The van der Waals surface area contributed by atoms with Gasteiger partial charge in [0.1, 0.15) is 0 Å². The lowest BCUT2D eigenvalue weighted by Crippen LogP contribution is -2.15. The fourth-order valence-electron chi connectivity index (χ4n) is 1.77. The zero-order chi connectivity index (χ0) is 9.10. The molecule has 1 aromatic rings. The number of pyridine rings is 1. The first-order valence-corrected chi connectivity index (χ1v) is 4.65. The number of aromatic nitrogens is 1. The first-order valence-electron chi connectivity index (χ1n) is 4.65. The molecule has 0 saturated carbocycles. The molecule has 70 valence electrons. The molecule has 13 heavy (non-hydrogen) atoms. The van der Waals surface area contributed by atoms with Gasteiger partial charge in [0.05, 0.1) is 0 Å². The summed E-state index contributed by atoms with van der Waals surface area (Å²) >= 11 is 0. The van der Waals surface area contributed by atoms with Gasteiger partial charge in [0.25, 0.3) is 0 Å². The molecule has 2 heterocycles. The molecule has 0 spiro atoms. The first-order chi connectivity index (χ1) is 6.38. The van der Waals surface area contributed by atoms with Crippen LogP contribution in [0.4, 0.5) is 5.69 Å². The topological polar surface area (TPSA) is 48.1 Å². The third-order valence-corrected chi connectivity index (χ3v) is 2.55. The minimum Gasteiger partial charge on any atom is -0.398 e. The molecule has 3 nitrogen and oxygen atoms in total. The van der Waals surface area contributed by atoms with E-state index in [9.17, 15) is 0 Å². The summed E-state index contributed by atoms with van der Waals surface area (Å²) in [6, 6.07) is 1.87. The van der Waals surface area contributed by atoms with E-state index in [0.29, 0.717) is 5.92 Å². The van der Waals surface area contributed by atoms with Crippen molar-refractivity contribution in [1.82, 2.24) is 4.98 Å². The van der Waals surface area contributed by atoms with Crippen LogP contribution in [0, 0.1) is 0 Å². The van der Waals surface area contributed by atoms with Gasteiger partial charge in [-0.2, -0.15) is 0 Å². The zero-order valence-corrected chi connectivity index (χ0v) is 7.57. The van der Waals surface area contributed by atoms with E-state index in [4.69, 9.17) is 10.5 Å². The summed E-state index contributed by atoms with van der Waals surface area (Å²) in [7, 11) is 0. The molecule has 0 amide bonds. The fourth-order valence-corrected chi connectivity index (χ4v) is 1.77. The van der Waals surface area contributed by atoms with Crippen molar-refractivity contribution in [3.05, 3.63) is 24.0 Å². The molecule has 0 atom stereocenters. The summed E-state index contributed by atoms with van der Waals surface area (Å²) in [6.45, 7) is 1.69. The summed E-state index contributed by atoms with van der Waals surface area (Å²) in [5.41, 5.74) is 7.92. The normalized spacial score (nSPS) is 18.8. The van der Waals surface area contributed by atoms with Crippen LogP contribution in [0.1, 0.15) is 24.3 Å². The second-order valence-electron chi connectivity index (χ2n) is 3.39. The number of rotatable bonds is 1. The summed E-state index contributed by atoms with van der Waals surface area (Å²) < 4.78 is 5.30. The van der Waals surface area contributed by atoms with Gasteiger partial charge < -0.3 is 10.5 Å². The molecule has 1 fully saturated rings. The minimum absolute atomic E-state index is 0.544. The number of hydrogen-bond acceptors (Lipinski definition) is 3. The van der Waals surface area contributed by atoms with Crippen molar-refractivity contribution >= 4 is 5.69 Å². The molecule has 1 saturated heterocycles. The Kier molecular flexibility index (Phi) is 2.45. The van der Waals surface area contributed by atoms with E-state index in [0.717, 1.165) is 31.7 Å². The van der Waals surface area contributed by atoms with Crippen LogP contribution in [0.5, 0.6) is 0 Å². The molecule has 0 radical (unpaired) electrons. The molecule has 3 heteroatoms. The van der Waals surface area contributed by atoms with E-state index in [1.807, 2.05) is 12.3 Å². The Morgan fingerprint density at radius 1 is 1.38 bits per heavy atom. The molecular weight excluding hydrogens is 164 g/mol. The quantitative estimate of drug-likeness (QED) is 0.710. The van der Waals surface area contributed by atoms with Crippen LogP contribution in [-0.2, 0) is 4.74 Å². The van der Waals surface area contributed by atoms with Gasteiger partial charge in [-0.3, -0.25) is 4.98 Å². The zero-order valence-electron chi connectivity index (χ0n) is 7.57. The van der Waals surface area contributed by atoms with E-state index in [-0.39, 0.29) is 0 Å². The molecule has 1 aromatic heterocycles. The highest BCUT2D eigenvalue weighted by atomic mass is 16.5. The number of anilines is 1. The molecule has 0 unspecified atom stereocenters. The largest absolute Gasteiger partial charge is 0.398 e. The first kappa shape index (κ1) is 8.51. The molecule has 1 aliphatic heterocycles. The third kappa shape index (κ3) is 1.80. The molecule has 0 aromatic carbocycles. The van der Waals surface area contributed by atoms with E-state index in [2.05, 4.69) is 4.98 Å². The summed E-state index contributed by atoms with van der Waals surface area (Å²) in [5.74, 6) is 0.544. The summed E-state index contributed by atoms with van der Waals surface area (Å²) in [6.07, 6.45) is 5.75. The summed E-state index contributed by atoms with van der Waals surface area (Å²) in [5, 5.41) is 0. The maximum Gasteiger partial charge on any atom is 0.0471 e. The van der Waals surface area contributed by atoms with Crippen molar-refractivity contribution in [3.63, 3.8) is 0 Å². The monoisotopic (exact) mass is 178 g/mol. The van der Waals surface area contributed by atoms with E-state index in [1.165, 1.54) is 5.56 Å². The van der Waals surface area contributed by atoms with Crippen molar-refractivity contribution in [2.24, 2.45) is 0 Å². The van der Waals surface area contributed by atoms with Gasteiger partial charge in [0, 0.05) is 31.3 Å². The van der Waals surface area contributed by atoms with Crippen LogP contribution >= 0.6 is 0 Å². The van der Waals surface area contributed by atoms with E-state index < -0.39 is 0 Å². The molecule has 2 rings (SSSR count). The van der Waals surface area contributed by atoms with Crippen LogP contribution in [0.15, 0.2) is 18.5 Å². The Hall–Kier alpha value is -1.09. The SMILES string of the molecule is Nc1ccncc1C1CCOCC1. The maximum atomic E-state index is 5.87. The van der Waals surface area contributed by atoms with Crippen LogP contribution in [0.2, 0.25) is 0 Å². The lowest BCUT2D eigenvalue weighted by atomic mass is 9.92. The van der Waals surface area contributed by atoms with Gasteiger partial charge in [0.2, 0.25) is 0 Å². The van der Waals surface area contributed by atoms with Crippen LogP contribution < -0.4 is 5.73 Å². The molecule has 1 aliphatic rings. The van der Waals surface area contributed by atoms with Gasteiger partial charge in [-0.15, -0.1) is 0 Å². The van der Waals surface area contributed by atoms with Crippen LogP contribution in [0.3, 0.4) is 0 Å². The Labute approximate surface area is 77.9 Å². The molecule has 2 N–H and O–H groups in total. The average Bonchev–Trinajstić information content (AvgIpc) is 2.20. The highest BCUT2D eigenvalue weighted by molar-refractivity contribution is 5.46. The predicted molar refractivity (Wildman–Crippen MR) is 51.4 cm³/mol. The van der Waals surface area contributed by atoms with Crippen molar-refractivity contribution in [3.8, 4) is 0 Å². The fraction of sp³-hybridized carbons (Fsp3) is 0.500. The lowest BCUT2D eigenvalue weighted by Gasteiger charge is -2.22. The predicted octanol–water partition coefficient (Wildman–Crippen LogP) is 1.56. The lowest BCUT2D eigenvalue weighted by molar-refractivity contribution is 0.0854. The third-order valence-electron chi connectivity index (χ3n) is 2.55. The number of nitrogens with two attached hydrogens (primary N) is 1. The Morgan fingerprint density at radius 2 is 2.15 bits per heavy atom. The number of nitrogen functional groups attached to an aromatic ring is 1. The van der Waals surface area contributed by atoms with E-state index in [1.54, 1.807) is 6.20 Å². The van der Waals surface area contributed by atoms with Gasteiger partial charge in [-0.25, -0.2) is 0 Å². The van der Waals surface area contributed by atoms with Gasteiger partial charge in [-0.1, -0.05) is 0 Å².